The molecule has 3 aromatic heterocycles. The van der Waals surface area contributed by atoms with Gasteiger partial charge in [-0.25, -0.2) is 4.98 Å². The molecule has 0 bridgehead atoms. The van der Waals surface area contributed by atoms with Gasteiger partial charge >= 0.3 is 0 Å². The maximum atomic E-state index is 11.5. The summed E-state index contributed by atoms with van der Waals surface area (Å²) in [7, 11) is 0. The van der Waals surface area contributed by atoms with E-state index in [4.69, 9.17) is 23.9 Å². The fourth-order valence-corrected chi connectivity index (χ4v) is 6.32. The summed E-state index contributed by atoms with van der Waals surface area (Å²) in [6.45, 7) is 2.65. The van der Waals surface area contributed by atoms with Gasteiger partial charge < -0.3 is 34.3 Å². The second-order valence-electron chi connectivity index (χ2n) is 12.1. The van der Waals surface area contributed by atoms with Crippen LogP contribution in [-0.4, -0.2) is 78.4 Å². The number of ether oxygens (including phenoxy) is 2. The number of nitrogens with one attached hydrogen (secondary N) is 1. The number of hydrogen-bond donors (Lipinski definition) is 3. The van der Waals surface area contributed by atoms with Gasteiger partial charge in [-0.3, -0.25) is 9.36 Å². The van der Waals surface area contributed by atoms with Crippen molar-refractivity contribution in [3.63, 3.8) is 0 Å². The minimum atomic E-state index is -1.35. The molecule has 0 amide bonds. The first kappa shape index (κ1) is 33.8. The zero-order valence-corrected chi connectivity index (χ0v) is 27.9. The summed E-state index contributed by atoms with van der Waals surface area (Å²) in [5, 5.41) is 33.6. The number of benzene rings is 3. The van der Waals surface area contributed by atoms with Crippen molar-refractivity contribution >= 4 is 29.4 Å². The molecule has 3 N–H and O–H groups in total. The SMILES string of the molecule is CCc1nnc([C@H]2O[C@@H](n3cnc4c(NCC(c5ccccc5)c5ccccc5)nc(N(CO)CCc5ccccc5)nc43)[C@H](O)[C@@H]2OC=O)o1. The maximum absolute atomic E-state index is 11.5. The van der Waals surface area contributed by atoms with Crippen molar-refractivity contribution in [3.8, 4) is 0 Å². The number of anilines is 2. The highest BCUT2D eigenvalue weighted by Crippen LogP contribution is 2.41. The minimum Gasteiger partial charge on any atom is -0.458 e. The highest BCUT2D eigenvalue weighted by atomic mass is 16.6. The number of nitrogens with zero attached hydrogens (tertiary/aromatic N) is 7. The number of aryl methyl sites for hydroxylation is 1. The molecule has 0 radical (unpaired) electrons. The van der Waals surface area contributed by atoms with E-state index in [1.807, 2.05) is 73.7 Å². The highest BCUT2D eigenvalue weighted by molar-refractivity contribution is 5.84. The van der Waals surface area contributed by atoms with E-state index in [9.17, 15) is 15.0 Å². The van der Waals surface area contributed by atoms with Crippen LogP contribution in [0.2, 0.25) is 0 Å². The van der Waals surface area contributed by atoms with Crippen molar-refractivity contribution in [2.45, 2.75) is 50.2 Å². The van der Waals surface area contributed by atoms with Gasteiger partial charge in [-0.1, -0.05) is 97.9 Å². The molecule has 4 atom stereocenters. The largest absolute Gasteiger partial charge is 0.458 e. The van der Waals surface area contributed by atoms with Crippen LogP contribution in [0.1, 0.15) is 53.6 Å². The van der Waals surface area contributed by atoms with Gasteiger partial charge in [0, 0.05) is 25.4 Å². The van der Waals surface area contributed by atoms with Crippen LogP contribution >= 0.6 is 0 Å². The van der Waals surface area contributed by atoms with Crippen LogP contribution < -0.4 is 10.2 Å². The Bertz CT molecular complexity index is 1990. The normalized spacial score (nSPS) is 18.7. The zero-order valence-electron chi connectivity index (χ0n) is 27.9. The molecule has 3 aromatic carbocycles. The summed E-state index contributed by atoms with van der Waals surface area (Å²) in [5.41, 5.74) is 4.07. The van der Waals surface area contributed by atoms with E-state index in [1.165, 1.54) is 6.33 Å². The fraction of sp³-hybridized carbons (Fsp3) is 0.297. The highest BCUT2D eigenvalue weighted by Gasteiger charge is 2.50. The van der Waals surface area contributed by atoms with Crippen molar-refractivity contribution in [2.24, 2.45) is 0 Å². The van der Waals surface area contributed by atoms with Gasteiger partial charge in [-0.05, 0) is 23.1 Å². The first-order valence-corrected chi connectivity index (χ1v) is 16.8. The number of rotatable bonds is 15. The first-order valence-electron chi connectivity index (χ1n) is 16.8. The molecule has 1 aliphatic heterocycles. The third-order valence-corrected chi connectivity index (χ3v) is 8.98. The number of carbonyl (C=O) groups is 1. The Labute approximate surface area is 293 Å². The smallest absolute Gasteiger partial charge is 0.293 e. The van der Waals surface area contributed by atoms with E-state index >= 15 is 0 Å². The first-order chi connectivity index (χ1) is 25.1. The van der Waals surface area contributed by atoms with Gasteiger partial charge in [0.05, 0.1) is 6.33 Å². The molecule has 0 aliphatic carbocycles. The lowest BCUT2D eigenvalue weighted by Crippen LogP contribution is -2.32. The fourth-order valence-electron chi connectivity index (χ4n) is 6.32. The number of fused-ring (bicyclic) bond motifs is 1. The summed E-state index contributed by atoms with van der Waals surface area (Å²) in [6.07, 6.45) is -2.03. The third-order valence-electron chi connectivity index (χ3n) is 8.98. The van der Waals surface area contributed by atoms with Crippen LogP contribution in [0.3, 0.4) is 0 Å². The van der Waals surface area contributed by atoms with Gasteiger partial charge in [0.25, 0.3) is 6.47 Å². The minimum absolute atomic E-state index is 0.0283. The molecule has 7 rings (SSSR count). The zero-order chi connectivity index (χ0) is 35.2. The third kappa shape index (κ3) is 7.15. The number of carbonyl (C=O) groups excluding carboxylic acids is 1. The van der Waals surface area contributed by atoms with E-state index < -0.39 is 24.5 Å². The number of aliphatic hydroxyl groups excluding tert-OH is 2. The quantitative estimate of drug-likeness (QED) is 0.104. The molecule has 6 aromatic rings. The summed E-state index contributed by atoms with van der Waals surface area (Å²) >= 11 is 0. The summed E-state index contributed by atoms with van der Waals surface area (Å²) in [6, 6.07) is 30.3. The molecule has 4 heterocycles. The van der Waals surface area contributed by atoms with Crippen LogP contribution in [0.4, 0.5) is 11.8 Å². The Morgan fingerprint density at radius 1 is 0.980 bits per heavy atom. The van der Waals surface area contributed by atoms with Gasteiger partial charge in [0.1, 0.15) is 12.8 Å². The molecule has 51 heavy (non-hydrogen) atoms. The average molecular weight is 691 g/mol. The van der Waals surface area contributed by atoms with E-state index in [2.05, 4.69) is 44.8 Å². The lowest BCUT2D eigenvalue weighted by Gasteiger charge is -2.23. The Morgan fingerprint density at radius 3 is 2.29 bits per heavy atom. The second kappa shape index (κ2) is 15.5. The lowest BCUT2D eigenvalue weighted by atomic mass is 9.91. The van der Waals surface area contributed by atoms with Crippen molar-refractivity contribution in [3.05, 3.63) is 126 Å². The van der Waals surface area contributed by atoms with Crippen molar-refractivity contribution < 1.29 is 28.9 Å². The van der Waals surface area contributed by atoms with E-state index in [0.717, 1.165) is 16.7 Å². The molecule has 0 spiro atoms. The van der Waals surface area contributed by atoms with Crippen LogP contribution in [0, 0.1) is 0 Å². The van der Waals surface area contributed by atoms with E-state index in [0.29, 0.717) is 48.8 Å². The molecule has 14 heteroatoms. The monoisotopic (exact) mass is 690 g/mol. The van der Waals surface area contributed by atoms with Gasteiger partial charge in [0.2, 0.25) is 17.7 Å². The molecular weight excluding hydrogens is 652 g/mol. The van der Waals surface area contributed by atoms with Crippen LogP contribution in [0.25, 0.3) is 11.2 Å². The molecule has 1 fully saturated rings. The standard InChI is InChI=1S/C37H38N8O6/c1-2-28-42-43-35(50-28)32-31(49-23-47)30(48)36(51-32)45-21-39-29-33(38-20-27(25-14-8-4-9-15-25)26-16-10-5-11-17-26)40-37(41-34(29)45)44(22-46)19-18-24-12-6-3-7-13-24/h3-17,21,23,27,30-32,36,46,48H,2,18-20,22H2,1H3,(H,38,40,41)/t30-,31+,32+,36-/m1/s1. The van der Waals surface area contributed by atoms with Crippen LogP contribution in [-0.2, 0) is 27.1 Å². The summed E-state index contributed by atoms with van der Waals surface area (Å²) in [5.74, 6) is 1.09. The van der Waals surface area contributed by atoms with E-state index in [-0.39, 0.29) is 31.0 Å². The Hall–Kier alpha value is -5.70. The number of aliphatic hydroxyl groups is 2. The number of imidazole rings is 1. The van der Waals surface area contributed by atoms with Gasteiger partial charge in [-0.2, -0.15) is 9.97 Å². The van der Waals surface area contributed by atoms with Crippen molar-refractivity contribution in [1.29, 1.82) is 0 Å². The molecule has 0 unspecified atom stereocenters. The molecule has 1 saturated heterocycles. The Morgan fingerprint density at radius 2 is 1.67 bits per heavy atom. The second-order valence-corrected chi connectivity index (χ2v) is 12.1. The predicted molar refractivity (Wildman–Crippen MR) is 187 cm³/mol. The average Bonchev–Trinajstić information content (AvgIpc) is 3.91. The number of aromatic nitrogens is 6. The topological polar surface area (TPSA) is 174 Å². The molecule has 262 valence electrons. The summed E-state index contributed by atoms with van der Waals surface area (Å²) in [4.78, 5) is 27.6. The van der Waals surface area contributed by atoms with Gasteiger partial charge in [0.15, 0.2) is 35.4 Å². The Balaban J connectivity index is 1.27. The molecule has 14 nitrogen and oxygen atoms in total. The van der Waals surface area contributed by atoms with Crippen LogP contribution in [0.5, 0.6) is 0 Å². The van der Waals surface area contributed by atoms with Gasteiger partial charge in [-0.15, -0.1) is 10.2 Å². The number of hydrogen-bond acceptors (Lipinski definition) is 13. The summed E-state index contributed by atoms with van der Waals surface area (Å²) < 4.78 is 18.8. The van der Waals surface area contributed by atoms with E-state index in [1.54, 1.807) is 9.47 Å². The van der Waals surface area contributed by atoms with Crippen molar-refractivity contribution in [1.82, 2.24) is 29.7 Å². The molecule has 1 aliphatic rings. The Kier molecular flexibility index (Phi) is 10.2. The van der Waals surface area contributed by atoms with Crippen molar-refractivity contribution in [2.75, 3.05) is 30.0 Å². The molecular formula is C37H38N8O6. The van der Waals surface area contributed by atoms with Crippen LogP contribution in [0.15, 0.2) is 102 Å². The predicted octanol–water partition coefficient (Wildman–Crippen LogP) is 4.19. The maximum Gasteiger partial charge on any atom is 0.293 e. The lowest BCUT2D eigenvalue weighted by molar-refractivity contribution is -0.140. The molecule has 0 saturated carbocycles.